The first kappa shape index (κ1) is 18.1. The van der Waals surface area contributed by atoms with E-state index >= 15 is 0 Å². The van der Waals surface area contributed by atoms with Crippen molar-refractivity contribution in [2.24, 2.45) is 0 Å². The summed E-state index contributed by atoms with van der Waals surface area (Å²) in [5, 5.41) is 18.0. The fourth-order valence-electron chi connectivity index (χ4n) is 2.82. The highest BCUT2D eigenvalue weighted by Gasteiger charge is 2.17. The van der Waals surface area contributed by atoms with E-state index in [1.807, 2.05) is 25.1 Å². The number of anilines is 1. The number of nitro groups is 1. The first-order valence-corrected chi connectivity index (χ1v) is 8.63. The van der Waals surface area contributed by atoms with Gasteiger partial charge < -0.3 is 10.1 Å². The van der Waals surface area contributed by atoms with E-state index in [1.54, 1.807) is 24.5 Å². The Kier molecular flexibility index (Phi) is 4.62. The summed E-state index contributed by atoms with van der Waals surface area (Å²) in [5.41, 5.74) is 1.64. The van der Waals surface area contributed by atoms with Crippen molar-refractivity contribution < 1.29 is 14.5 Å². The number of nitrogens with zero attached hydrogens (tertiary/aromatic N) is 4. The predicted octanol–water partition coefficient (Wildman–Crippen LogP) is 3.99. The van der Waals surface area contributed by atoms with Crippen molar-refractivity contribution in [1.29, 1.82) is 0 Å². The van der Waals surface area contributed by atoms with E-state index in [1.165, 1.54) is 28.9 Å². The second kappa shape index (κ2) is 7.39. The van der Waals surface area contributed by atoms with Gasteiger partial charge in [-0.1, -0.05) is 12.1 Å². The summed E-state index contributed by atoms with van der Waals surface area (Å²) in [4.78, 5) is 27.6. The van der Waals surface area contributed by atoms with E-state index in [4.69, 9.17) is 4.74 Å². The molecule has 0 spiro atoms. The molecule has 144 valence electrons. The SMILES string of the molecule is Cc1cccc(Oc2cc(NC(=O)c3cnn4cccnc34)cc([N+](=O)[O-])c2)c1. The molecule has 1 amide bonds. The second-order valence-corrected chi connectivity index (χ2v) is 6.29. The minimum absolute atomic E-state index is 0.205. The average molecular weight is 389 g/mol. The highest BCUT2D eigenvalue weighted by Crippen LogP contribution is 2.30. The summed E-state index contributed by atoms with van der Waals surface area (Å²) in [5.74, 6) is 0.286. The Morgan fingerprint density at radius 1 is 1.17 bits per heavy atom. The van der Waals surface area contributed by atoms with Gasteiger partial charge in [-0.3, -0.25) is 14.9 Å². The quantitative estimate of drug-likeness (QED) is 0.408. The summed E-state index contributed by atoms with van der Waals surface area (Å²) in [6, 6.07) is 13.1. The van der Waals surface area contributed by atoms with Crippen molar-refractivity contribution in [2.75, 3.05) is 5.32 Å². The van der Waals surface area contributed by atoms with Crippen LogP contribution in [-0.2, 0) is 0 Å². The lowest BCUT2D eigenvalue weighted by molar-refractivity contribution is -0.384. The van der Waals surface area contributed by atoms with Crippen LogP contribution < -0.4 is 10.1 Å². The Balaban J connectivity index is 1.65. The van der Waals surface area contributed by atoms with E-state index in [-0.39, 0.29) is 22.7 Å². The highest BCUT2D eigenvalue weighted by molar-refractivity contribution is 6.08. The number of non-ortho nitro benzene ring substituents is 1. The summed E-state index contributed by atoms with van der Waals surface area (Å²) in [6.07, 6.45) is 4.61. The number of amides is 1. The fourth-order valence-corrected chi connectivity index (χ4v) is 2.82. The van der Waals surface area contributed by atoms with E-state index in [0.717, 1.165) is 5.56 Å². The Morgan fingerprint density at radius 3 is 2.83 bits per heavy atom. The second-order valence-electron chi connectivity index (χ2n) is 6.29. The molecule has 0 saturated carbocycles. The minimum atomic E-state index is -0.546. The summed E-state index contributed by atoms with van der Waals surface area (Å²) in [7, 11) is 0. The molecule has 29 heavy (non-hydrogen) atoms. The van der Waals surface area contributed by atoms with Crippen molar-refractivity contribution >= 4 is 22.9 Å². The molecule has 0 aliphatic heterocycles. The molecular formula is C20H15N5O4. The lowest BCUT2D eigenvalue weighted by Gasteiger charge is -2.09. The molecule has 0 aliphatic carbocycles. The van der Waals surface area contributed by atoms with Crippen molar-refractivity contribution in [3.8, 4) is 11.5 Å². The topological polar surface area (TPSA) is 112 Å². The zero-order valence-electron chi connectivity index (χ0n) is 15.3. The van der Waals surface area contributed by atoms with Gasteiger partial charge in [0.15, 0.2) is 5.65 Å². The Labute approximate surface area is 164 Å². The number of hydrogen-bond donors (Lipinski definition) is 1. The monoisotopic (exact) mass is 389 g/mol. The molecular weight excluding hydrogens is 374 g/mol. The number of hydrogen-bond acceptors (Lipinski definition) is 6. The molecule has 4 aromatic rings. The lowest BCUT2D eigenvalue weighted by atomic mass is 10.2. The number of aromatic nitrogens is 3. The maximum atomic E-state index is 12.7. The Bertz CT molecular complexity index is 1230. The molecule has 0 atom stereocenters. The molecule has 0 fully saturated rings. The number of ether oxygens (including phenoxy) is 1. The Morgan fingerprint density at radius 2 is 2.03 bits per heavy atom. The molecule has 0 radical (unpaired) electrons. The van der Waals surface area contributed by atoms with Gasteiger partial charge in [-0.2, -0.15) is 5.10 Å². The van der Waals surface area contributed by atoms with Gasteiger partial charge >= 0.3 is 0 Å². The van der Waals surface area contributed by atoms with Gasteiger partial charge in [0.1, 0.15) is 17.1 Å². The number of rotatable bonds is 5. The van der Waals surface area contributed by atoms with Gasteiger partial charge in [0, 0.05) is 24.5 Å². The molecule has 0 saturated heterocycles. The van der Waals surface area contributed by atoms with E-state index in [0.29, 0.717) is 11.4 Å². The Hall–Kier alpha value is -4.27. The molecule has 0 bridgehead atoms. The number of nitro benzene ring substituents is 1. The van der Waals surface area contributed by atoms with Crippen LogP contribution >= 0.6 is 0 Å². The van der Waals surface area contributed by atoms with Gasteiger partial charge in [-0.25, -0.2) is 9.50 Å². The van der Waals surface area contributed by atoms with Crippen molar-refractivity contribution in [2.45, 2.75) is 6.92 Å². The van der Waals surface area contributed by atoms with Crippen LogP contribution in [0.15, 0.2) is 67.1 Å². The van der Waals surface area contributed by atoms with Crippen molar-refractivity contribution in [3.63, 3.8) is 0 Å². The number of nitrogens with one attached hydrogen (secondary N) is 1. The third-order valence-electron chi connectivity index (χ3n) is 4.11. The van der Waals surface area contributed by atoms with Crippen molar-refractivity contribution in [1.82, 2.24) is 14.6 Å². The summed E-state index contributed by atoms with van der Waals surface area (Å²) in [6.45, 7) is 1.91. The van der Waals surface area contributed by atoms with Gasteiger partial charge in [0.05, 0.1) is 22.9 Å². The fraction of sp³-hybridized carbons (Fsp3) is 0.0500. The minimum Gasteiger partial charge on any atom is -0.457 e. The zero-order valence-corrected chi connectivity index (χ0v) is 15.3. The number of carbonyl (C=O) groups excluding carboxylic acids is 1. The maximum absolute atomic E-state index is 12.7. The average Bonchev–Trinajstić information content (AvgIpc) is 3.12. The molecule has 1 N–H and O–H groups in total. The highest BCUT2D eigenvalue weighted by atomic mass is 16.6. The van der Waals surface area contributed by atoms with Crippen LogP contribution in [0.2, 0.25) is 0 Å². The normalized spacial score (nSPS) is 10.7. The standard InChI is InChI=1S/C20H15N5O4/c1-13-4-2-5-16(8-13)29-17-10-14(9-15(11-17)25(27)28)23-20(26)18-12-22-24-7-3-6-21-19(18)24/h2-12H,1H3,(H,23,26). The van der Waals surface area contributed by atoms with Crippen LogP contribution in [0.3, 0.4) is 0 Å². The van der Waals surface area contributed by atoms with Gasteiger partial charge in [-0.15, -0.1) is 0 Å². The first-order chi connectivity index (χ1) is 14.0. The van der Waals surface area contributed by atoms with Crippen LogP contribution in [0.5, 0.6) is 11.5 Å². The summed E-state index contributed by atoms with van der Waals surface area (Å²) >= 11 is 0. The largest absolute Gasteiger partial charge is 0.457 e. The molecule has 0 aliphatic rings. The number of fused-ring (bicyclic) bond motifs is 1. The van der Waals surface area contributed by atoms with Crippen LogP contribution in [0.25, 0.3) is 5.65 Å². The van der Waals surface area contributed by atoms with E-state index in [9.17, 15) is 14.9 Å². The third kappa shape index (κ3) is 3.88. The molecule has 4 rings (SSSR count). The number of aryl methyl sites for hydroxylation is 1. The van der Waals surface area contributed by atoms with Crippen LogP contribution in [0.4, 0.5) is 11.4 Å². The van der Waals surface area contributed by atoms with Crippen LogP contribution in [0.1, 0.15) is 15.9 Å². The predicted molar refractivity (Wildman–Crippen MR) is 105 cm³/mol. The maximum Gasteiger partial charge on any atom is 0.275 e. The van der Waals surface area contributed by atoms with Gasteiger partial charge in [-0.05, 0) is 30.7 Å². The van der Waals surface area contributed by atoms with Gasteiger partial charge in [0.2, 0.25) is 0 Å². The van der Waals surface area contributed by atoms with Crippen LogP contribution in [-0.4, -0.2) is 25.4 Å². The molecule has 2 aromatic heterocycles. The number of benzene rings is 2. The van der Waals surface area contributed by atoms with Gasteiger partial charge in [0.25, 0.3) is 11.6 Å². The third-order valence-corrected chi connectivity index (χ3v) is 4.11. The van der Waals surface area contributed by atoms with Crippen LogP contribution in [0, 0.1) is 17.0 Å². The molecule has 2 aromatic carbocycles. The molecule has 2 heterocycles. The smallest absolute Gasteiger partial charge is 0.275 e. The molecule has 0 unspecified atom stereocenters. The summed E-state index contributed by atoms with van der Waals surface area (Å²) < 4.78 is 7.22. The molecule has 9 nitrogen and oxygen atoms in total. The lowest BCUT2D eigenvalue weighted by Crippen LogP contribution is -2.12. The van der Waals surface area contributed by atoms with E-state index in [2.05, 4.69) is 15.4 Å². The van der Waals surface area contributed by atoms with Crippen molar-refractivity contribution in [3.05, 3.63) is 88.4 Å². The van der Waals surface area contributed by atoms with E-state index < -0.39 is 10.8 Å². The first-order valence-electron chi connectivity index (χ1n) is 8.63. The molecule has 9 heteroatoms. The number of carbonyl (C=O) groups is 1. The zero-order chi connectivity index (χ0) is 20.4.